The molecule has 0 aliphatic carbocycles. The number of aryl methyl sites for hydroxylation is 1. The number of aromatic nitrogens is 1. The van der Waals surface area contributed by atoms with Gasteiger partial charge < -0.3 is 0 Å². The number of rotatable bonds is 2. The molecular formula is C9H11ClN2. The van der Waals surface area contributed by atoms with E-state index >= 15 is 0 Å². The summed E-state index contributed by atoms with van der Waals surface area (Å²) in [4.78, 5) is 0. The van der Waals surface area contributed by atoms with Crippen molar-refractivity contribution >= 4 is 17.8 Å². The van der Waals surface area contributed by atoms with Gasteiger partial charge in [0.05, 0.1) is 11.2 Å². The lowest BCUT2D eigenvalue weighted by atomic mass is 10.4. The summed E-state index contributed by atoms with van der Waals surface area (Å²) >= 11 is 5.76. The summed E-state index contributed by atoms with van der Waals surface area (Å²) in [5.41, 5.74) is 1.93. The molecule has 0 unspecified atom stereocenters. The Bertz CT molecular complexity index is 323. The van der Waals surface area contributed by atoms with Crippen LogP contribution in [0.2, 0.25) is 5.02 Å². The number of hydrogen-bond acceptors (Lipinski definition) is 1. The van der Waals surface area contributed by atoms with Gasteiger partial charge in [0.2, 0.25) is 0 Å². The third-order valence-electron chi connectivity index (χ3n) is 1.36. The Morgan fingerprint density at radius 3 is 2.83 bits per heavy atom. The van der Waals surface area contributed by atoms with Crippen molar-refractivity contribution in [1.29, 1.82) is 0 Å². The highest BCUT2D eigenvalue weighted by Gasteiger charge is 1.96. The van der Waals surface area contributed by atoms with E-state index in [4.69, 9.17) is 11.6 Å². The van der Waals surface area contributed by atoms with E-state index in [1.807, 2.05) is 19.9 Å². The predicted molar refractivity (Wildman–Crippen MR) is 52.9 cm³/mol. The molecule has 0 saturated carbocycles. The minimum absolute atomic E-state index is 0.700. The van der Waals surface area contributed by atoms with Crippen LogP contribution in [0.15, 0.2) is 29.5 Å². The highest BCUT2D eigenvalue weighted by atomic mass is 35.5. The molecule has 0 aliphatic rings. The lowest BCUT2D eigenvalue weighted by Crippen LogP contribution is -1.89. The van der Waals surface area contributed by atoms with Crippen molar-refractivity contribution in [3.05, 3.63) is 35.1 Å². The van der Waals surface area contributed by atoms with Gasteiger partial charge in [-0.15, -0.1) is 0 Å². The van der Waals surface area contributed by atoms with E-state index in [9.17, 15) is 0 Å². The first-order valence-electron chi connectivity index (χ1n) is 3.64. The summed E-state index contributed by atoms with van der Waals surface area (Å²) in [6, 6.07) is 1.86. The first-order valence-corrected chi connectivity index (χ1v) is 4.02. The maximum Gasteiger partial charge on any atom is 0.0607 e. The van der Waals surface area contributed by atoms with Gasteiger partial charge in [-0.05, 0) is 25.5 Å². The Balaban J connectivity index is 2.89. The molecule has 0 bridgehead atoms. The first kappa shape index (κ1) is 9.07. The van der Waals surface area contributed by atoms with Crippen molar-refractivity contribution in [2.24, 2.45) is 5.10 Å². The van der Waals surface area contributed by atoms with E-state index in [1.165, 1.54) is 0 Å². The van der Waals surface area contributed by atoms with Gasteiger partial charge in [0.15, 0.2) is 0 Å². The average Bonchev–Trinajstić information content (AvgIpc) is 2.26. The van der Waals surface area contributed by atoms with Gasteiger partial charge in [-0.1, -0.05) is 18.2 Å². The van der Waals surface area contributed by atoms with E-state index in [2.05, 4.69) is 11.7 Å². The third kappa shape index (κ3) is 2.24. The molecule has 12 heavy (non-hydrogen) atoms. The number of hydrogen-bond donors (Lipinski definition) is 0. The van der Waals surface area contributed by atoms with E-state index < -0.39 is 0 Å². The Hall–Kier alpha value is -1.02. The molecule has 0 radical (unpaired) electrons. The molecule has 0 amide bonds. The minimum atomic E-state index is 0.700. The van der Waals surface area contributed by atoms with Crippen LogP contribution in [0.4, 0.5) is 0 Å². The standard InChI is InChI=1S/C9H11ClN2/c1-7(2)5-11-12-6-9(10)4-8(12)3/h4-6H,1H2,2-3H3/b11-5-. The van der Waals surface area contributed by atoms with E-state index in [-0.39, 0.29) is 0 Å². The normalized spacial score (nSPS) is 10.9. The zero-order chi connectivity index (χ0) is 9.14. The molecule has 3 heteroatoms. The van der Waals surface area contributed by atoms with Crippen molar-refractivity contribution < 1.29 is 0 Å². The summed E-state index contributed by atoms with van der Waals surface area (Å²) < 4.78 is 1.72. The monoisotopic (exact) mass is 182 g/mol. The highest BCUT2D eigenvalue weighted by molar-refractivity contribution is 6.30. The lowest BCUT2D eigenvalue weighted by molar-refractivity contribution is 0.853. The van der Waals surface area contributed by atoms with Gasteiger partial charge in [0.1, 0.15) is 0 Å². The average molecular weight is 183 g/mol. The molecule has 1 heterocycles. The summed E-state index contributed by atoms with van der Waals surface area (Å²) in [6.45, 7) is 7.55. The predicted octanol–water partition coefficient (Wildman–Crippen LogP) is 2.86. The second-order valence-electron chi connectivity index (χ2n) is 2.74. The van der Waals surface area contributed by atoms with Gasteiger partial charge in [-0.25, -0.2) is 4.68 Å². The van der Waals surface area contributed by atoms with Crippen LogP contribution in [0.3, 0.4) is 0 Å². The second-order valence-corrected chi connectivity index (χ2v) is 3.17. The fourth-order valence-electron chi connectivity index (χ4n) is 0.807. The summed E-state index contributed by atoms with van der Waals surface area (Å²) in [5, 5.41) is 4.83. The first-order chi connectivity index (χ1) is 5.59. The zero-order valence-electron chi connectivity index (χ0n) is 7.21. The Morgan fingerprint density at radius 2 is 2.42 bits per heavy atom. The number of nitrogens with zero attached hydrogens (tertiary/aromatic N) is 2. The van der Waals surface area contributed by atoms with Crippen LogP contribution in [0.1, 0.15) is 12.6 Å². The van der Waals surface area contributed by atoms with Crippen molar-refractivity contribution in [3.8, 4) is 0 Å². The molecule has 0 fully saturated rings. The lowest BCUT2D eigenvalue weighted by Gasteiger charge is -1.94. The van der Waals surface area contributed by atoms with Crippen LogP contribution in [0, 0.1) is 6.92 Å². The second kappa shape index (κ2) is 3.59. The molecule has 1 aromatic rings. The van der Waals surface area contributed by atoms with Crippen molar-refractivity contribution in [3.63, 3.8) is 0 Å². The van der Waals surface area contributed by atoms with Gasteiger partial charge in [0.25, 0.3) is 0 Å². The SMILES string of the molecule is C=C(C)/C=N\n1cc(Cl)cc1C. The van der Waals surface area contributed by atoms with Crippen molar-refractivity contribution in [1.82, 2.24) is 4.68 Å². The highest BCUT2D eigenvalue weighted by Crippen LogP contribution is 2.12. The van der Waals surface area contributed by atoms with Crippen molar-refractivity contribution in [2.45, 2.75) is 13.8 Å². The van der Waals surface area contributed by atoms with Crippen LogP contribution in [0.5, 0.6) is 0 Å². The fraction of sp³-hybridized carbons (Fsp3) is 0.222. The third-order valence-corrected chi connectivity index (χ3v) is 1.56. The van der Waals surface area contributed by atoms with Crippen LogP contribution < -0.4 is 0 Å². The molecule has 0 spiro atoms. The van der Waals surface area contributed by atoms with Crippen LogP contribution >= 0.6 is 11.6 Å². The summed E-state index contributed by atoms with van der Waals surface area (Å²) in [7, 11) is 0. The molecule has 0 atom stereocenters. The van der Waals surface area contributed by atoms with E-state index in [1.54, 1.807) is 17.1 Å². The summed E-state index contributed by atoms with van der Waals surface area (Å²) in [6.07, 6.45) is 3.46. The van der Waals surface area contributed by atoms with Gasteiger partial charge in [0, 0.05) is 11.9 Å². The van der Waals surface area contributed by atoms with Crippen LogP contribution in [-0.2, 0) is 0 Å². The topological polar surface area (TPSA) is 17.3 Å². The number of allylic oxidation sites excluding steroid dienone is 1. The Labute approximate surface area is 77.2 Å². The van der Waals surface area contributed by atoms with Crippen LogP contribution in [0.25, 0.3) is 0 Å². The summed E-state index contributed by atoms with van der Waals surface area (Å²) in [5.74, 6) is 0. The molecule has 0 N–H and O–H groups in total. The van der Waals surface area contributed by atoms with Gasteiger partial charge in [-0.2, -0.15) is 5.10 Å². The van der Waals surface area contributed by atoms with Crippen LogP contribution in [-0.4, -0.2) is 10.9 Å². The van der Waals surface area contributed by atoms with Crippen molar-refractivity contribution in [2.75, 3.05) is 0 Å². The van der Waals surface area contributed by atoms with E-state index in [0.29, 0.717) is 5.02 Å². The molecule has 2 nitrogen and oxygen atoms in total. The Morgan fingerprint density at radius 1 is 1.75 bits per heavy atom. The van der Waals surface area contributed by atoms with Gasteiger partial charge >= 0.3 is 0 Å². The smallest absolute Gasteiger partial charge is 0.0607 e. The largest absolute Gasteiger partial charge is 0.244 e. The maximum atomic E-state index is 5.76. The zero-order valence-corrected chi connectivity index (χ0v) is 7.97. The molecule has 1 rings (SSSR count). The van der Waals surface area contributed by atoms with E-state index in [0.717, 1.165) is 11.3 Å². The molecule has 0 aromatic carbocycles. The maximum absolute atomic E-state index is 5.76. The van der Waals surface area contributed by atoms with Gasteiger partial charge in [-0.3, -0.25) is 0 Å². The molecule has 64 valence electrons. The fourth-order valence-corrected chi connectivity index (χ4v) is 1.06. The quantitative estimate of drug-likeness (QED) is 0.626. The Kier molecular flexibility index (Phi) is 2.71. The minimum Gasteiger partial charge on any atom is -0.244 e. The molecule has 1 aromatic heterocycles. The molecule has 0 aliphatic heterocycles. The molecular weight excluding hydrogens is 172 g/mol. The molecule has 0 saturated heterocycles. The number of halogens is 1.